The number of ketones is 1. The molecule has 1 saturated carbocycles. The number of fused-ring (bicyclic) bond motifs is 3. The van der Waals surface area contributed by atoms with Crippen molar-refractivity contribution in [1.29, 1.82) is 0 Å². The van der Waals surface area contributed by atoms with Crippen LogP contribution in [0.2, 0.25) is 0 Å². The van der Waals surface area contributed by atoms with Gasteiger partial charge in [0.15, 0.2) is 0 Å². The predicted molar refractivity (Wildman–Crippen MR) is 68.2 cm³/mol. The van der Waals surface area contributed by atoms with Crippen molar-refractivity contribution in [1.82, 2.24) is 0 Å². The lowest BCUT2D eigenvalue weighted by Gasteiger charge is -2.46. The van der Waals surface area contributed by atoms with Crippen LogP contribution in [0.4, 0.5) is 0 Å². The van der Waals surface area contributed by atoms with Crippen molar-refractivity contribution in [2.75, 3.05) is 0 Å². The molecule has 3 rings (SSSR count). The van der Waals surface area contributed by atoms with Gasteiger partial charge in [-0.2, -0.15) is 0 Å². The third-order valence-electron chi connectivity index (χ3n) is 5.28. The number of allylic oxidation sites excluding steroid dienone is 1. The Labute approximate surface area is 112 Å². The van der Waals surface area contributed by atoms with Crippen molar-refractivity contribution in [2.45, 2.75) is 52.2 Å². The van der Waals surface area contributed by atoms with Crippen molar-refractivity contribution in [3.63, 3.8) is 0 Å². The molecule has 2 fully saturated rings. The van der Waals surface area contributed by atoms with E-state index in [-0.39, 0.29) is 23.6 Å². The van der Waals surface area contributed by atoms with Gasteiger partial charge in [-0.1, -0.05) is 12.5 Å². The predicted octanol–water partition coefficient (Wildman–Crippen LogP) is 1.61. The second-order valence-electron chi connectivity index (χ2n) is 6.44. The molecule has 4 nitrogen and oxygen atoms in total. The summed E-state index contributed by atoms with van der Waals surface area (Å²) in [5.74, 6) is -0.573. The number of hydrogen-bond acceptors (Lipinski definition) is 4. The summed E-state index contributed by atoms with van der Waals surface area (Å²) in [7, 11) is 0. The molecular weight excluding hydrogens is 244 g/mol. The molecular formula is C15H20O4. The number of hydrogen-bond donors (Lipinski definition) is 1. The third-order valence-corrected chi connectivity index (χ3v) is 5.28. The van der Waals surface area contributed by atoms with Crippen molar-refractivity contribution in [2.24, 2.45) is 17.3 Å². The smallest absolute Gasteiger partial charge is 0.309 e. The average molecular weight is 264 g/mol. The largest absolute Gasteiger partial charge is 0.457 e. The van der Waals surface area contributed by atoms with E-state index in [1.54, 1.807) is 6.92 Å². The topological polar surface area (TPSA) is 63.6 Å². The summed E-state index contributed by atoms with van der Waals surface area (Å²) in [5.41, 5.74) is 1.48. The van der Waals surface area contributed by atoms with E-state index in [9.17, 15) is 14.7 Å². The van der Waals surface area contributed by atoms with Crippen LogP contribution in [-0.4, -0.2) is 29.1 Å². The van der Waals surface area contributed by atoms with Gasteiger partial charge in [-0.25, -0.2) is 0 Å². The molecule has 1 N–H and O–H groups in total. The molecule has 0 unspecified atom stereocenters. The van der Waals surface area contributed by atoms with Crippen LogP contribution in [0.1, 0.15) is 40.0 Å². The average Bonchev–Trinajstić information content (AvgIpc) is 2.61. The molecule has 1 aliphatic heterocycles. The summed E-state index contributed by atoms with van der Waals surface area (Å²) < 4.78 is 5.49. The molecule has 0 bridgehead atoms. The van der Waals surface area contributed by atoms with Crippen LogP contribution in [0, 0.1) is 17.3 Å². The zero-order valence-corrected chi connectivity index (χ0v) is 11.6. The van der Waals surface area contributed by atoms with Gasteiger partial charge in [-0.3, -0.25) is 9.59 Å². The van der Waals surface area contributed by atoms with Gasteiger partial charge in [0.1, 0.15) is 11.9 Å². The Morgan fingerprint density at radius 3 is 2.68 bits per heavy atom. The number of aliphatic hydroxyl groups is 1. The first-order valence-corrected chi connectivity index (χ1v) is 6.98. The van der Waals surface area contributed by atoms with Crippen LogP contribution in [0.5, 0.6) is 0 Å². The Morgan fingerprint density at radius 2 is 2.00 bits per heavy atom. The van der Waals surface area contributed by atoms with Crippen molar-refractivity contribution >= 4 is 11.8 Å². The van der Waals surface area contributed by atoms with Crippen LogP contribution in [-0.2, 0) is 14.3 Å². The molecule has 0 amide bonds. The standard InChI is InChI=1S/C15H20O4/c1-7-4-5-10(17)15(3)6-9(16)11-8(2)14(18)19-13(11)12(7)15/h8-9,11,13,16H,4-6H2,1-3H3/t8-,9+,11+,13+,15+/m0/s1. The minimum atomic E-state index is -0.646. The SMILES string of the molecule is CC1=C2[C@@H]3OC(=O)[C@@H](C)[C@@H]3[C@H](O)C[C@]2(C)C(=O)CC1. The van der Waals surface area contributed by atoms with Gasteiger partial charge in [0, 0.05) is 12.3 Å². The molecule has 3 aliphatic rings. The summed E-state index contributed by atoms with van der Waals surface area (Å²) in [6, 6.07) is 0. The minimum Gasteiger partial charge on any atom is -0.457 e. The van der Waals surface area contributed by atoms with E-state index >= 15 is 0 Å². The lowest BCUT2D eigenvalue weighted by molar-refractivity contribution is -0.145. The number of carbonyl (C=O) groups is 2. The van der Waals surface area contributed by atoms with E-state index in [4.69, 9.17) is 4.74 Å². The Kier molecular flexibility index (Phi) is 2.65. The highest BCUT2D eigenvalue weighted by Crippen LogP contribution is 2.54. The maximum absolute atomic E-state index is 12.3. The summed E-state index contributed by atoms with van der Waals surface area (Å²) in [5, 5.41) is 10.4. The van der Waals surface area contributed by atoms with Crippen molar-refractivity contribution in [3.05, 3.63) is 11.1 Å². The Balaban J connectivity index is 2.12. The molecule has 0 aromatic rings. The number of rotatable bonds is 0. The van der Waals surface area contributed by atoms with E-state index < -0.39 is 17.6 Å². The summed E-state index contributed by atoms with van der Waals surface area (Å²) in [4.78, 5) is 24.1. The zero-order chi connectivity index (χ0) is 13.9. The first kappa shape index (κ1) is 12.9. The maximum Gasteiger partial charge on any atom is 0.309 e. The van der Waals surface area contributed by atoms with Crippen molar-refractivity contribution < 1.29 is 19.4 Å². The Morgan fingerprint density at radius 1 is 1.32 bits per heavy atom. The van der Waals surface area contributed by atoms with Crippen molar-refractivity contribution in [3.8, 4) is 0 Å². The molecule has 5 atom stereocenters. The van der Waals surface area contributed by atoms with Crippen LogP contribution in [0.3, 0.4) is 0 Å². The quantitative estimate of drug-likeness (QED) is 0.533. The summed E-state index contributed by atoms with van der Waals surface area (Å²) >= 11 is 0. The lowest BCUT2D eigenvalue weighted by Crippen LogP contribution is -2.51. The number of ether oxygens (including phenoxy) is 1. The molecule has 19 heavy (non-hydrogen) atoms. The Bertz CT molecular complexity index is 492. The Hall–Kier alpha value is -1.16. The molecule has 0 spiro atoms. The highest BCUT2D eigenvalue weighted by Gasteiger charge is 2.59. The lowest BCUT2D eigenvalue weighted by atomic mass is 9.58. The molecule has 2 aliphatic carbocycles. The fraction of sp³-hybridized carbons (Fsp3) is 0.733. The van der Waals surface area contributed by atoms with Gasteiger partial charge < -0.3 is 9.84 Å². The van der Waals surface area contributed by atoms with Gasteiger partial charge in [0.2, 0.25) is 0 Å². The van der Waals surface area contributed by atoms with Gasteiger partial charge in [-0.15, -0.1) is 0 Å². The van der Waals surface area contributed by atoms with E-state index in [1.165, 1.54) is 0 Å². The fourth-order valence-corrected chi connectivity index (χ4v) is 4.18. The second-order valence-corrected chi connectivity index (χ2v) is 6.44. The summed E-state index contributed by atoms with van der Waals surface area (Å²) in [6.45, 7) is 5.72. The van der Waals surface area contributed by atoms with Gasteiger partial charge in [0.25, 0.3) is 0 Å². The molecule has 1 saturated heterocycles. The van der Waals surface area contributed by atoms with Gasteiger partial charge >= 0.3 is 5.97 Å². The van der Waals surface area contributed by atoms with Crippen LogP contribution < -0.4 is 0 Å². The molecule has 104 valence electrons. The zero-order valence-electron chi connectivity index (χ0n) is 11.6. The highest BCUT2D eigenvalue weighted by atomic mass is 16.6. The third kappa shape index (κ3) is 1.55. The highest BCUT2D eigenvalue weighted by molar-refractivity contribution is 5.90. The minimum absolute atomic E-state index is 0.168. The van der Waals surface area contributed by atoms with E-state index in [0.29, 0.717) is 12.8 Å². The first-order chi connectivity index (χ1) is 8.86. The molecule has 1 heterocycles. The number of aliphatic hydroxyl groups excluding tert-OH is 1. The molecule has 0 aromatic heterocycles. The van der Waals surface area contributed by atoms with Gasteiger partial charge in [-0.05, 0) is 32.3 Å². The molecule has 0 radical (unpaired) electrons. The monoisotopic (exact) mass is 264 g/mol. The molecule has 4 heteroatoms. The van der Waals surface area contributed by atoms with E-state index in [0.717, 1.165) is 17.6 Å². The normalized spacial score (nSPS) is 45.9. The fourth-order valence-electron chi connectivity index (χ4n) is 4.18. The number of Topliss-reactive ketones (excluding diaryl/α,β-unsaturated/α-hetero) is 1. The van der Waals surface area contributed by atoms with Crippen LogP contribution >= 0.6 is 0 Å². The van der Waals surface area contributed by atoms with Crippen LogP contribution in [0.25, 0.3) is 0 Å². The second kappa shape index (κ2) is 3.92. The van der Waals surface area contributed by atoms with E-state index in [2.05, 4.69) is 0 Å². The van der Waals surface area contributed by atoms with Crippen LogP contribution in [0.15, 0.2) is 11.1 Å². The van der Waals surface area contributed by atoms with E-state index in [1.807, 2.05) is 13.8 Å². The number of carbonyl (C=O) groups excluding carboxylic acids is 2. The molecule has 0 aromatic carbocycles. The summed E-state index contributed by atoms with van der Waals surface area (Å²) in [6.07, 6.45) is 0.644. The maximum atomic E-state index is 12.3. The number of esters is 1. The van der Waals surface area contributed by atoms with Gasteiger partial charge in [0.05, 0.1) is 17.4 Å². The first-order valence-electron chi connectivity index (χ1n) is 6.98.